The van der Waals surface area contributed by atoms with E-state index in [-0.39, 0.29) is 35.6 Å². The van der Waals surface area contributed by atoms with E-state index < -0.39 is 33.4 Å². The molecule has 0 bridgehead atoms. The summed E-state index contributed by atoms with van der Waals surface area (Å²) in [7, 11) is -1.31. The van der Waals surface area contributed by atoms with Gasteiger partial charge >= 0.3 is 0 Å². The number of nitro benzene ring substituents is 1. The summed E-state index contributed by atoms with van der Waals surface area (Å²) in [6.07, 6.45) is 5.75. The van der Waals surface area contributed by atoms with Gasteiger partial charge in [0, 0.05) is 24.7 Å². The Morgan fingerprint density at radius 3 is 2.40 bits per heavy atom. The smallest absolute Gasteiger partial charge is 0.271 e. The Morgan fingerprint density at radius 2 is 1.80 bits per heavy atom. The number of carbonyl (C=O) groups is 2. The summed E-state index contributed by atoms with van der Waals surface area (Å²) >= 11 is 0. The molecular weight excluding hydrogens is 540 g/mol. The number of nitrogens with zero attached hydrogens (tertiary/aromatic N) is 3. The van der Waals surface area contributed by atoms with Crippen LogP contribution in [0, 0.1) is 10.1 Å². The van der Waals surface area contributed by atoms with Crippen LogP contribution in [0.2, 0.25) is 0 Å². The van der Waals surface area contributed by atoms with Crippen molar-refractivity contribution in [1.29, 1.82) is 0 Å². The predicted molar refractivity (Wildman–Crippen MR) is 150 cm³/mol. The molecular formula is C27H36N4O8S. The summed E-state index contributed by atoms with van der Waals surface area (Å²) in [5.74, 6) is -0.426. The highest BCUT2D eigenvalue weighted by atomic mass is 32.2. The predicted octanol–water partition coefficient (Wildman–Crippen LogP) is 3.24. The van der Waals surface area contributed by atoms with Gasteiger partial charge in [-0.2, -0.15) is 0 Å². The van der Waals surface area contributed by atoms with E-state index in [1.807, 2.05) is 0 Å². The van der Waals surface area contributed by atoms with Crippen LogP contribution in [0.3, 0.4) is 0 Å². The molecule has 0 unspecified atom stereocenters. The highest BCUT2D eigenvalue weighted by molar-refractivity contribution is 7.92. The maximum absolute atomic E-state index is 13.8. The minimum Gasteiger partial charge on any atom is -0.497 e. The van der Waals surface area contributed by atoms with Crippen molar-refractivity contribution in [1.82, 2.24) is 10.2 Å². The van der Waals surface area contributed by atoms with Crippen LogP contribution in [0.5, 0.6) is 11.5 Å². The molecule has 1 aliphatic rings. The molecule has 0 aliphatic heterocycles. The van der Waals surface area contributed by atoms with Gasteiger partial charge in [-0.15, -0.1) is 0 Å². The van der Waals surface area contributed by atoms with Gasteiger partial charge in [-0.25, -0.2) is 8.42 Å². The molecule has 218 valence electrons. The first kappa shape index (κ1) is 30.7. The molecule has 2 aromatic rings. The molecule has 2 amide bonds. The molecule has 0 radical (unpaired) electrons. The zero-order valence-corrected chi connectivity index (χ0v) is 24.0. The molecule has 0 heterocycles. The molecule has 0 aromatic heterocycles. The Kier molecular flexibility index (Phi) is 10.3. The van der Waals surface area contributed by atoms with Crippen molar-refractivity contribution in [3.63, 3.8) is 0 Å². The fraction of sp³-hybridized carbons (Fsp3) is 0.481. The van der Waals surface area contributed by atoms with E-state index in [1.165, 1.54) is 31.3 Å². The van der Waals surface area contributed by atoms with Crippen molar-refractivity contribution in [2.24, 2.45) is 0 Å². The number of sulfonamides is 1. The van der Waals surface area contributed by atoms with Gasteiger partial charge in [0.2, 0.25) is 21.8 Å². The van der Waals surface area contributed by atoms with Crippen molar-refractivity contribution in [3.8, 4) is 11.5 Å². The normalized spacial score (nSPS) is 14.6. The molecule has 0 saturated heterocycles. The number of amides is 2. The minimum absolute atomic E-state index is 0.00103. The van der Waals surface area contributed by atoms with E-state index in [0.29, 0.717) is 11.3 Å². The molecule has 12 nitrogen and oxygen atoms in total. The fourth-order valence-corrected chi connectivity index (χ4v) is 5.55. The number of non-ortho nitro benzene ring substituents is 1. The van der Waals surface area contributed by atoms with Crippen molar-refractivity contribution >= 4 is 33.2 Å². The summed E-state index contributed by atoms with van der Waals surface area (Å²) < 4.78 is 37.1. The molecule has 2 aromatic carbocycles. The summed E-state index contributed by atoms with van der Waals surface area (Å²) in [5, 5.41) is 14.4. The van der Waals surface area contributed by atoms with Gasteiger partial charge in [0.1, 0.15) is 29.8 Å². The third-order valence-electron chi connectivity index (χ3n) is 6.93. The molecule has 1 saturated carbocycles. The molecule has 0 spiro atoms. The Labute approximate surface area is 234 Å². The average Bonchev–Trinajstić information content (AvgIpc) is 2.93. The topological polar surface area (TPSA) is 148 Å². The van der Waals surface area contributed by atoms with Gasteiger partial charge in [0.05, 0.1) is 25.4 Å². The van der Waals surface area contributed by atoms with Crippen molar-refractivity contribution in [3.05, 3.63) is 58.1 Å². The monoisotopic (exact) mass is 576 g/mol. The summed E-state index contributed by atoms with van der Waals surface area (Å²) in [4.78, 5) is 39.1. The number of benzene rings is 2. The van der Waals surface area contributed by atoms with E-state index in [9.17, 15) is 28.1 Å². The summed E-state index contributed by atoms with van der Waals surface area (Å²) in [6.45, 7) is 0.884. The van der Waals surface area contributed by atoms with Crippen LogP contribution in [0.1, 0.15) is 44.6 Å². The molecule has 1 fully saturated rings. The largest absolute Gasteiger partial charge is 0.497 e. The molecule has 13 heteroatoms. The second kappa shape index (κ2) is 13.5. The van der Waals surface area contributed by atoms with Gasteiger partial charge < -0.3 is 19.7 Å². The number of hydrogen-bond acceptors (Lipinski definition) is 8. The van der Waals surface area contributed by atoms with Crippen molar-refractivity contribution in [2.45, 2.75) is 57.7 Å². The Hall–Kier alpha value is -3.87. The number of hydrogen-bond donors (Lipinski definition) is 1. The first-order chi connectivity index (χ1) is 18.9. The lowest BCUT2D eigenvalue weighted by Crippen LogP contribution is -2.53. The van der Waals surface area contributed by atoms with Crippen LogP contribution in [-0.2, 0) is 26.2 Å². The van der Waals surface area contributed by atoms with E-state index in [2.05, 4.69) is 5.32 Å². The van der Waals surface area contributed by atoms with Crippen molar-refractivity contribution < 1.29 is 32.4 Å². The second-order valence-corrected chi connectivity index (χ2v) is 11.7. The van der Waals surface area contributed by atoms with E-state index >= 15 is 0 Å². The SMILES string of the molecule is COc1cccc(CN(C(=O)CN(c2cc([N+](=O)[O-])ccc2OC)S(C)(=O)=O)[C@@H](C)C(=O)NC2CCCCC2)c1. The highest BCUT2D eigenvalue weighted by Gasteiger charge is 2.32. The van der Waals surface area contributed by atoms with E-state index in [0.717, 1.165) is 48.7 Å². The number of nitrogens with one attached hydrogen (secondary N) is 1. The lowest BCUT2D eigenvalue weighted by Gasteiger charge is -2.33. The van der Waals surface area contributed by atoms with Crippen molar-refractivity contribution in [2.75, 3.05) is 31.3 Å². The number of ether oxygens (including phenoxy) is 2. The van der Waals surface area contributed by atoms with Gasteiger partial charge in [-0.05, 0) is 43.5 Å². The fourth-order valence-electron chi connectivity index (χ4n) is 4.70. The lowest BCUT2D eigenvalue weighted by molar-refractivity contribution is -0.384. The molecule has 1 aliphatic carbocycles. The van der Waals surface area contributed by atoms with E-state index in [4.69, 9.17) is 9.47 Å². The molecule has 1 atom stereocenters. The Morgan fingerprint density at radius 1 is 1.10 bits per heavy atom. The Balaban J connectivity index is 1.97. The third-order valence-corrected chi connectivity index (χ3v) is 8.05. The first-order valence-electron chi connectivity index (χ1n) is 13.0. The Bertz CT molecular complexity index is 1330. The molecule has 40 heavy (non-hydrogen) atoms. The third kappa shape index (κ3) is 7.84. The van der Waals surface area contributed by atoms with Gasteiger partial charge in [0.15, 0.2) is 0 Å². The molecule has 3 rings (SSSR count). The minimum atomic E-state index is -4.11. The van der Waals surface area contributed by atoms with Crippen LogP contribution in [0.4, 0.5) is 11.4 Å². The number of carbonyl (C=O) groups excluding carboxylic acids is 2. The van der Waals surface area contributed by atoms with Crippen LogP contribution < -0.4 is 19.1 Å². The quantitative estimate of drug-likeness (QED) is 0.299. The van der Waals surface area contributed by atoms with E-state index in [1.54, 1.807) is 31.2 Å². The van der Waals surface area contributed by atoms with Gasteiger partial charge in [0.25, 0.3) is 5.69 Å². The number of rotatable bonds is 12. The summed E-state index contributed by atoms with van der Waals surface area (Å²) in [5.41, 5.74) is 0.141. The van der Waals surface area contributed by atoms with Crippen LogP contribution >= 0.6 is 0 Å². The van der Waals surface area contributed by atoms with Gasteiger partial charge in [-0.3, -0.25) is 24.0 Å². The number of anilines is 1. The van der Waals surface area contributed by atoms with Gasteiger partial charge in [-0.1, -0.05) is 31.4 Å². The van der Waals surface area contributed by atoms with Crippen LogP contribution in [0.25, 0.3) is 0 Å². The van der Waals surface area contributed by atoms with Crippen LogP contribution in [-0.4, -0.2) is 69.2 Å². The zero-order chi connectivity index (χ0) is 29.4. The maximum Gasteiger partial charge on any atom is 0.271 e. The second-order valence-electron chi connectivity index (χ2n) is 9.78. The standard InChI is InChI=1S/C27H36N4O8S/c1-19(27(33)28-21-10-6-5-7-11-21)29(17-20-9-8-12-23(15-20)38-2)26(32)18-30(40(4,36)37)24-16-22(31(34)35)13-14-25(24)39-3/h8-9,12-16,19,21H,5-7,10-11,17-18H2,1-4H3,(H,28,33)/t19-/m0/s1. The summed E-state index contributed by atoms with van der Waals surface area (Å²) in [6, 6.07) is 9.56. The zero-order valence-electron chi connectivity index (χ0n) is 23.2. The maximum atomic E-state index is 13.8. The lowest BCUT2D eigenvalue weighted by atomic mass is 9.95. The number of methoxy groups -OCH3 is 2. The first-order valence-corrected chi connectivity index (χ1v) is 14.8. The molecule has 1 N–H and O–H groups in total. The highest BCUT2D eigenvalue weighted by Crippen LogP contribution is 2.34. The van der Waals surface area contributed by atoms with Crippen LogP contribution in [0.15, 0.2) is 42.5 Å². The average molecular weight is 577 g/mol. The number of nitro groups is 1.